The molecule has 0 heterocycles. The van der Waals surface area contributed by atoms with Gasteiger partial charge in [-0.2, -0.15) is 0 Å². The second-order valence-electron chi connectivity index (χ2n) is 7.08. The smallest absolute Gasteiger partial charge is 0.326 e. The zero-order chi connectivity index (χ0) is 14.6. The lowest BCUT2D eigenvalue weighted by molar-refractivity contribution is -0.154. The Balaban J connectivity index is 2.15. The second kappa shape index (κ2) is 6.93. The van der Waals surface area contributed by atoms with E-state index in [2.05, 4.69) is 19.2 Å². The topological polar surface area (TPSA) is 38.3 Å². The van der Waals surface area contributed by atoms with E-state index in [4.69, 9.17) is 4.74 Å². The van der Waals surface area contributed by atoms with Crippen molar-refractivity contribution in [3.05, 3.63) is 0 Å². The molecule has 3 unspecified atom stereocenters. The average Bonchev–Trinajstić information content (AvgIpc) is 2.70. The van der Waals surface area contributed by atoms with Crippen LogP contribution in [0.5, 0.6) is 0 Å². The summed E-state index contributed by atoms with van der Waals surface area (Å²) in [6.45, 7) is 4.48. The molecule has 2 rings (SSSR count). The fraction of sp³-hybridized carbons (Fsp3) is 0.941. The van der Waals surface area contributed by atoms with Gasteiger partial charge in [-0.05, 0) is 37.5 Å². The zero-order valence-corrected chi connectivity index (χ0v) is 13.4. The van der Waals surface area contributed by atoms with Crippen molar-refractivity contribution in [1.82, 2.24) is 5.32 Å². The maximum atomic E-state index is 12.5. The molecule has 0 aliphatic heterocycles. The van der Waals surface area contributed by atoms with Crippen LogP contribution in [0.15, 0.2) is 0 Å². The van der Waals surface area contributed by atoms with Crippen LogP contribution in [0.1, 0.15) is 71.6 Å². The number of carbonyl (C=O) groups is 1. The van der Waals surface area contributed by atoms with E-state index >= 15 is 0 Å². The van der Waals surface area contributed by atoms with E-state index in [9.17, 15) is 4.79 Å². The number of ether oxygens (including phenoxy) is 1. The third kappa shape index (κ3) is 3.36. The van der Waals surface area contributed by atoms with Gasteiger partial charge in [0.15, 0.2) is 0 Å². The van der Waals surface area contributed by atoms with Crippen molar-refractivity contribution in [1.29, 1.82) is 0 Å². The van der Waals surface area contributed by atoms with Crippen LogP contribution in [0.2, 0.25) is 0 Å². The highest BCUT2D eigenvalue weighted by Gasteiger charge is 2.48. The summed E-state index contributed by atoms with van der Waals surface area (Å²) in [4.78, 5) is 12.5. The van der Waals surface area contributed by atoms with Crippen molar-refractivity contribution < 1.29 is 9.53 Å². The summed E-state index contributed by atoms with van der Waals surface area (Å²) in [5, 5.41) is 3.77. The Morgan fingerprint density at radius 1 is 1.05 bits per heavy atom. The summed E-state index contributed by atoms with van der Waals surface area (Å²) < 4.78 is 5.18. The van der Waals surface area contributed by atoms with Gasteiger partial charge in [0, 0.05) is 6.04 Å². The Morgan fingerprint density at radius 2 is 1.70 bits per heavy atom. The summed E-state index contributed by atoms with van der Waals surface area (Å²) in [6, 6.07) is 0.490. The maximum absolute atomic E-state index is 12.5. The summed E-state index contributed by atoms with van der Waals surface area (Å²) >= 11 is 0. The van der Waals surface area contributed by atoms with Gasteiger partial charge < -0.3 is 4.74 Å². The van der Waals surface area contributed by atoms with E-state index in [1.54, 1.807) is 0 Å². The standard InChI is InChI=1S/C17H31NO2/c1-13-10-11-14(2)17(12-13,16(19)20-3)18-15-8-6-4-5-7-9-15/h13-15,18H,4-12H2,1-3H3. The van der Waals surface area contributed by atoms with Gasteiger partial charge in [0.2, 0.25) is 0 Å². The van der Waals surface area contributed by atoms with Crippen molar-refractivity contribution >= 4 is 5.97 Å². The van der Waals surface area contributed by atoms with Gasteiger partial charge in [0.1, 0.15) is 5.54 Å². The maximum Gasteiger partial charge on any atom is 0.326 e. The fourth-order valence-corrected chi connectivity index (χ4v) is 4.15. The molecule has 0 bridgehead atoms. The van der Waals surface area contributed by atoms with Crippen molar-refractivity contribution in [2.24, 2.45) is 11.8 Å². The molecular weight excluding hydrogens is 250 g/mol. The van der Waals surface area contributed by atoms with E-state index in [1.165, 1.54) is 52.1 Å². The number of nitrogens with one attached hydrogen (secondary N) is 1. The number of carbonyl (C=O) groups excluding carboxylic acids is 1. The van der Waals surface area contributed by atoms with Crippen LogP contribution in [-0.4, -0.2) is 24.7 Å². The van der Waals surface area contributed by atoms with Gasteiger partial charge in [-0.3, -0.25) is 10.1 Å². The minimum Gasteiger partial charge on any atom is -0.468 e. The minimum atomic E-state index is -0.443. The molecule has 2 fully saturated rings. The van der Waals surface area contributed by atoms with Crippen LogP contribution in [0.3, 0.4) is 0 Å². The summed E-state index contributed by atoms with van der Waals surface area (Å²) in [5.74, 6) is 0.929. The number of esters is 1. The molecule has 2 saturated carbocycles. The van der Waals surface area contributed by atoms with Gasteiger partial charge in [-0.15, -0.1) is 0 Å². The normalized spacial score (nSPS) is 36.4. The largest absolute Gasteiger partial charge is 0.468 e. The molecule has 0 aromatic carbocycles. The van der Waals surface area contributed by atoms with Crippen LogP contribution in [-0.2, 0) is 9.53 Å². The lowest BCUT2D eigenvalue weighted by Crippen LogP contribution is -2.62. The molecular formula is C17H31NO2. The Labute approximate surface area is 123 Å². The van der Waals surface area contributed by atoms with E-state index in [-0.39, 0.29) is 5.97 Å². The Kier molecular flexibility index (Phi) is 5.48. The van der Waals surface area contributed by atoms with Crippen LogP contribution < -0.4 is 5.32 Å². The molecule has 116 valence electrons. The third-order valence-corrected chi connectivity index (χ3v) is 5.47. The molecule has 3 atom stereocenters. The van der Waals surface area contributed by atoms with E-state index in [1.807, 2.05) is 0 Å². The molecule has 1 N–H and O–H groups in total. The zero-order valence-electron chi connectivity index (χ0n) is 13.4. The van der Waals surface area contributed by atoms with Crippen molar-refractivity contribution in [2.45, 2.75) is 83.2 Å². The first-order valence-electron chi connectivity index (χ1n) is 8.44. The van der Waals surface area contributed by atoms with E-state index < -0.39 is 5.54 Å². The molecule has 0 radical (unpaired) electrons. The van der Waals surface area contributed by atoms with E-state index in [0.717, 1.165) is 12.8 Å². The van der Waals surface area contributed by atoms with Crippen LogP contribution in [0, 0.1) is 11.8 Å². The summed E-state index contributed by atoms with van der Waals surface area (Å²) in [7, 11) is 1.53. The van der Waals surface area contributed by atoms with Crippen LogP contribution in [0.4, 0.5) is 0 Å². The first-order valence-corrected chi connectivity index (χ1v) is 8.44. The highest BCUT2D eigenvalue weighted by atomic mass is 16.5. The Morgan fingerprint density at radius 3 is 2.30 bits per heavy atom. The molecule has 0 aromatic heterocycles. The Bertz CT molecular complexity index is 323. The first kappa shape index (κ1) is 15.8. The quantitative estimate of drug-likeness (QED) is 0.633. The van der Waals surface area contributed by atoms with Crippen molar-refractivity contribution in [2.75, 3.05) is 7.11 Å². The monoisotopic (exact) mass is 281 g/mol. The SMILES string of the molecule is COC(=O)C1(NC2CCCCCC2)CC(C)CCC1C. The number of rotatable bonds is 3. The highest BCUT2D eigenvalue weighted by Crippen LogP contribution is 2.39. The summed E-state index contributed by atoms with van der Waals surface area (Å²) in [6.07, 6.45) is 11.0. The average molecular weight is 281 g/mol. The number of hydrogen-bond donors (Lipinski definition) is 1. The molecule has 3 nitrogen and oxygen atoms in total. The molecule has 3 heteroatoms. The van der Waals surface area contributed by atoms with Crippen molar-refractivity contribution in [3.63, 3.8) is 0 Å². The highest BCUT2D eigenvalue weighted by molar-refractivity contribution is 5.81. The predicted octanol–water partition coefficient (Wildman–Crippen LogP) is 3.67. The van der Waals surface area contributed by atoms with Crippen molar-refractivity contribution in [3.8, 4) is 0 Å². The van der Waals surface area contributed by atoms with Gasteiger partial charge >= 0.3 is 5.97 Å². The lowest BCUT2D eigenvalue weighted by Gasteiger charge is -2.45. The number of methoxy groups -OCH3 is 1. The molecule has 2 aliphatic rings. The van der Waals surface area contributed by atoms with Crippen LogP contribution in [0.25, 0.3) is 0 Å². The molecule has 0 amide bonds. The van der Waals surface area contributed by atoms with E-state index in [0.29, 0.717) is 17.9 Å². The lowest BCUT2D eigenvalue weighted by atomic mass is 9.69. The molecule has 2 aliphatic carbocycles. The predicted molar refractivity (Wildman–Crippen MR) is 81.6 cm³/mol. The molecule has 0 aromatic rings. The van der Waals surface area contributed by atoms with Gasteiger partial charge in [-0.25, -0.2) is 0 Å². The second-order valence-corrected chi connectivity index (χ2v) is 7.08. The van der Waals surface area contributed by atoms with Crippen LogP contribution >= 0.6 is 0 Å². The number of hydrogen-bond acceptors (Lipinski definition) is 3. The van der Waals surface area contributed by atoms with Gasteiger partial charge in [0.05, 0.1) is 7.11 Å². The fourth-order valence-electron chi connectivity index (χ4n) is 4.15. The third-order valence-electron chi connectivity index (χ3n) is 5.47. The van der Waals surface area contributed by atoms with Gasteiger partial charge in [-0.1, -0.05) is 46.0 Å². The minimum absolute atomic E-state index is 0.0409. The Hall–Kier alpha value is -0.570. The molecule has 0 saturated heterocycles. The summed E-state index contributed by atoms with van der Waals surface area (Å²) in [5.41, 5.74) is -0.443. The molecule has 20 heavy (non-hydrogen) atoms. The molecule has 0 spiro atoms. The first-order chi connectivity index (χ1) is 9.58. The van der Waals surface area contributed by atoms with Gasteiger partial charge in [0.25, 0.3) is 0 Å².